The number of aromatic nitrogens is 3. The van der Waals surface area contributed by atoms with Crippen molar-refractivity contribution in [2.24, 2.45) is 5.41 Å². The van der Waals surface area contributed by atoms with E-state index in [9.17, 15) is 4.79 Å². The maximum absolute atomic E-state index is 13.2. The minimum Gasteiger partial charge on any atom is -0.380 e. The number of hydrogen-bond donors (Lipinski definition) is 0. The smallest absolute Gasteiger partial charge is 0.276 e. The van der Waals surface area contributed by atoms with E-state index in [1.54, 1.807) is 4.68 Å². The van der Waals surface area contributed by atoms with Crippen molar-refractivity contribution in [1.82, 2.24) is 19.9 Å². The van der Waals surface area contributed by atoms with Gasteiger partial charge in [-0.1, -0.05) is 36.4 Å². The monoisotopic (exact) mass is 394 g/mol. The molecule has 2 aliphatic heterocycles. The molecule has 29 heavy (non-hydrogen) atoms. The van der Waals surface area contributed by atoms with Crippen LogP contribution in [0.3, 0.4) is 0 Å². The first kappa shape index (κ1) is 18.8. The van der Waals surface area contributed by atoms with Crippen molar-refractivity contribution < 1.29 is 9.53 Å². The third-order valence-corrected chi connectivity index (χ3v) is 6.89. The summed E-state index contributed by atoms with van der Waals surface area (Å²) in [7, 11) is 0. The number of amides is 1. The van der Waals surface area contributed by atoms with Gasteiger partial charge in [-0.2, -0.15) is 0 Å². The van der Waals surface area contributed by atoms with Gasteiger partial charge in [0, 0.05) is 18.0 Å². The summed E-state index contributed by atoms with van der Waals surface area (Å²) in [5, 5.41) is 8.41. The van der Waals surface area contributed by atoms with Gasteiger partial charge in [-0.25, -0.2) is 0 Å². The first-order valence-corrected chi connectivity index (χ1v) is 11.0. The van der Waals surface area contributed by atoms with Crippen LogP contribution in [0.25, 0.3) is 0 Å². The largest absolute Gasteiger partial charge is 0.380 e. The van der Waals surface area contributed by atoms with Crippen molar-refractivity contribution >= 4 is 5.91 Å². The summed E-state index contributed by atoms with van der Waals surface area (Å²) in [4.78, 5) is 15.2. The molecular weight excluding hydrogens is 364 g/mol. The summed E-state index contributed by atoms with van der Waals surface area (Å²) in [5.41, 5.74) is 3.58. The van der Waals surface area contributed by atoms with Gasteiger partial charge in [0.05, 0.1) is 26.0 Å². The predicted octanol–water partition coefficient (Wildman–Crippen LogP) is 3.43. The van der Waals surface area contributed by atoms with Crippen LogP contribution in [0.5, 0.6) is 0 Å². The second-order valence-corrected chi connectivity index (χ2v) is 9.42. The van der Waals surface area contributed by atoms with Crippen LogP contribution in [0.15, 0.2) is 30.5 Å². The van der Waals surface area contributed by atoms with Crippen LogP contribution in [0, 0.1) is 5.41 Å². The number of ether oxygens (including phenoxy) is 1. The highest BCUT2D eigenvalue weighted by Gasteiger charge is 2.36. The van der Waals surface area contributed by atoms with Crippen molar-refractivity contribution in [1.29, 1.82) is 0 Å². The third-order valence-electron chi connectivity index (χ3n) is 6.89. The van der Waals surface area contributed by atoms with Gasteiger partial charge < -0.3 is 9.64 Å². The molecule has 1 amide bonds. The molecule has 2 atom stereocenters. The van der Waals surface area contributed by atoms with E-state index in [4.69, 9.17) is 4.74 Å². The highest BCUT2D eigenvalue weighted by atomic mass is 16.5. The van der Waals surface area contributed by atoms with Crippen LogP contribution in [-0.4, -0.2) is 51.6 Å². The van der Waals surface area contributed by atoms with Crippen LogP contribution >= 0.6 is 0 Å². The molecule has 2 fully saturated rings. The minimum absolute atomic E-state index is 0.0397. The summed E-state index contributed by atoms with van der Waals surface area (Å²) in [6.07, 6.45) is 8.71. The molecule has 154 valence electrons. The Morgan fingerprint density at radius 1 is 1.24 bits per heavy atom. The average Bonchev–Trinajstić information content (AvgIpc) is 3.36. The Labute approximate surface area is 172 Å². The van der Waals surface area contributed by atoms with Crippen molar-refractivity contribution in [3.63, 3.8) is 0 Å². The van der Waals surface area contributed by atoms with Gasteiger partial charge in [-0.15, -0.1) is 5.10 Å². The number of carbonyl (C=O) groups excluding carboxylic acids is 1. The van der Waals surface area contributed by atoms with Crippen molar-refractivity contribution in [3.05, 3.63) is 47.3 Å². The molecule has 0 saturated carbocycles. The highest BCUT2D eigenvalue weighted by Crippen LogP contribution is 2.37. The molecule has 3 aliphatic rings. The lowest BCUT2D eigenvalue weighted by atomic mass is 9.79. The standard InChI is InChI=1S/C23H30N4O2/c1-23(15-29-16-23)14-26-13-21(24-25-26)22(28)27-11-5-9-19(27)12-18-8-4-7-17-6-2-3-10-20(17)18/h2-3,6,10,13,18-19H,4-5,7-9,11-12,14-16H2,1H3. The summed E-state index contributed by atoms with van der Waals surface area (Å²) < 4.78 is 7.12. The Balaban J connectivity index is 1.27. The molecule has 0 radical (unpaired) electrons. The fourth-order valence-corrected chi connectivity index (χ4v) is 5.33. The van der Waals surface area contributed by atoms with Crippen molar-refractivity contribution in [2.45, 2.75) is 64.0 Å². The predicted molar refractivity (Wildman–Crippen MR) is 110 cm³/mol. The average molecular weight is 395 g/mol. The Morgan fingerprint density at radius 3 is 2.93 bits per heavy atom. The van der Waals surface area contributed by atoms with E-state index in [1.165, 1.54) is 30.4 Å². The first-order valence-electron chi connectivity index (χ1n) is 11.0. The van der Waals surface area contributed by atoms with Gasteiger partial charge in [0.15, 0.2) is 5.69 Å². The van der Waals surface area contributed by atoms with Crippen LogP contribution in [0.4, 0.5) is 0 Å². The normalized spacial score (nSPS) is 25.5. The summed E-state index contributed by atoms with van der Waals surface area (Å²) in [6.45, 7) is 5.24. The molecule has 6 nitrogen and oxygen atoms in total. The van der Waals surface area contributed by atoms with Crippen LogP contribution in [0.1, 0.15) is 66.6 Å². The van der Waals surface area contributed by atoms with E-state index < -0.39 is 0 Å². The number of benzene rings is 1. The van der Waals surface area contributed by atoms with E-state index >= 15 is 0 Å². The van der Waals surface area contributed by atoms with Gasteiger partial charge in [0.1, 0.15) is 0 Å². The number of rotatable bonds is 5. The zero-order valence-corrected chi connectivity index (χ0v) is 17.2. The Kier molecular flexibility index (Phi) is 4.90. The summed E-state index contributed by atoms with van der Waals surface area (Å²) >= 11 is 0. The number of nitrogens with zero attached hydrogens (tertiary/aromatic N) is 4. The molecule has 0 spiro atoms. The van der Waals surface area contributed by atoms with Crippen molar-refractivity contribution in [3.8, 4) is 0 Å². The molecule has 1 aliphatic carbocycles. The van der Waals surface area contributed by atoms with Crippen molar-refractivity contribution in [2.75, 3.05) is 19.8 Å². The summed E-state index contributed by atoms with van der Waals surface area (Å²) in [5.74, 6) is 0.602. The molecule has 0 N–H and O–H groups in total. The van der Waals surface area contributed by atoms with E-state index in [0.29, 0.717) is 17.7 Å². The number of fused-ring (bicyclic) bond motifs is 1. The lowest BCUT2D eigenvalue weighted by Gasteiger charge is -2.37. The lowest BCUT2D eigenvalue weighted by molar-refractivity contribution is -0.111. The Morgan fingerprint density at radius 2 is 2.10 bits per heavy atom. The lowest BCUT2D eigenvalue weighted by Crippen LogP contribution is -2.43. The maximum atomic E-state index is 13.2. The zero-order valence-electron chi connectivity index (χ0n) is 17.2. The second-order valence-electron chi connectivity index (χ2n) is 9.42. The summed E-state index contributed by atoms with van der Waals surface area (Å²) in [6, 6.07) is 9.16. The first-order chi connectivity index (χ1) is 14.1. The van der Waals surface area contributed by atoms with Gasteiger partial charge >= 0.3 is 0 Å². The van der Waals surface area contributed by atoms with E-state index in [1.807, 2.05) is 6.20 Å². The number of aryl methyl sites for hydroxylation is 1. The third kappa shape index (κ3) is 3.70. The Bertz CT molecular complexity index is 889. The van der Waals surface area contributed by atoms with E-state index in [0.717, 1.165) is 45.6 Å². The fraction of sp³-hybridized carbons (Fsp3) is 0.609. The molecule has 2 unspecified atom stereocenters. The zero-order chi connectivity index (χ0) is 19.8. The number of hydrogen-bond acceptors (Lipinski definition) is 4. The quantitative estimate of drug-likeness (QED) is 0.780. The maximum Gasteiger partial charge on any atom is 0.276 e. The highest BCUT2D eigenvalue weighted by molar-refractivity contribution is 5.92. The van der Waals surface area contributed by atoms with Crippen LogP contribution in [-0.2, 0) is 17.7 Å². The minimum atomic E-state index is 0.0397. The molecule has 2 aromatic rings. The van der Waals surface area contributed by atoms with Crippen LogP contribution < -0.4 is 0 Å². The van der Waals surface area contributed by atoms with Gasteiger partial charge in [0.25, 0.3) is 5.91 Å². The molecule has 2 saturated heterocycles. The van der Waals surface area contributed by atoms with Gasteiger partial charge in [-0.3, -0.25) is 9.48 Å². The topological polar surface area (TPSA) is 60.2 Å². The fourth-order valence-electron chi connectivity index (χ4n) is 5.33. The van der Waals surface area contributed by atoms with Gasteiger partial charge in [0.2, 0.25) is 0 Å². The number of carbonyl (C=O) groups is 1. The SMILES string of the molecule is CC1(Cn2cc(C(=O)N3CCCC3CC3CCCc4ccccc43)nn2)COC1. The molecular formula is C23H30N4O2. The van der Waals surface area contributed by atoms with Gasteiger partial charge in [-0.05, 0) is 55.6 Å². The molecule has 0 bridgehead atoms. The van der Waals surface area contributed by atoms with E-state index in [-0.39, 0.29) is 11.3 Å². The second kappa shape index (κ2) is 7.56. The molecule has 5 rings (SSSR count). The van der Waals surface area contributed by atoms with Crippen LogP contribution in [0.2, 0.25) is 0 Å². The molecule has 1 aromatic heterocycles. The number of likely N-dealkylation sites (tertiary alicyclic amines) is 1. The molecule has 1 aromatic carbocycles. The molecule has 3 heterocycles. The van der Waals surface area contributed by atoms with E-state index in [2.05, 4.69) is 46.4 Å². The molecule has 6 heteroatoms. The Hall–Kier alpha value is -2.21.